The molecule has 0 aromatic heterocycles. The quantitative estimate of drug-likeness (QED) is 0.592. The molecule has 0 radical (unpaired) electrons. The molecule has 2 saturated heterocycles. The Morgan fingerprint density at radius 2 is 1.67 bits per heavy atom. The number of aliphatic hydroxyl groups excluding tert-OH is 1. The van der Waals surface area contributed by atoms with Crippen LogP contribution in [0.4, 0.5) is 0 Å². The van der Waals surface area contributed by atoms with Crippen molar-refractivity contribution in [3.63, 3.8) is 0 Å². The Morgan fingerprint density at radius 1 is 1.03 bits per heavy atom. The van der Waals surface area contributed by atoms with E-state index in [4.69, 9.17) is 0 Å². The fraction of sp³-hybridized carbons (Fsp3) is 0.917. The fourth-order valence-electron chi connectivity index (χ4n) is 8.01. The molecule has 2 amide bonds. The molecule has 3 N–H and O–H groups in total. The van der Waals surface area contributed by atoms with Gasteiger partial charge in [0.15, 0.2) is 0 Å². The second-order valence-electron chi connectivity index (χ2n) is 11.9. The summed E-state index contributed by atoms with van der Waals surface area (Å²) in [5.41, 5.74) is -0.595. The Hall–Kier alpha value is -1.14. The monoisotopic (exact) mass is 417 g/mol. The minimum atomic E-state index is -0.572. The van der Waals surface area contributed by atoms with Crippen molar-refractivity contribution in [2.45, 2.75) is 89.3 Å². The fourth-order valence-corrected chi connectivity index (χ4v) is 8.01. The van der Waals surface area contributed by atoms with Crippen molar-refractivity contribution in [3.05, 3.63) is 0 Å². The van der Waals surface area contributed by atoms with E-state index in [0.29, 0.717) is 36.4 Å². The lowest BCUT2D eigenvalue weighted by molar-refractivity contribution is -0.133. The van der Waals surface area contributed by atoms with Gasteiger partial charge in [0.1, 0.15) is 0 Å². The molecule has 6 rings (SSSR count). The van der Waals surface area contributed by atoms with E-state index >= 15 is 0 Å². The van der Waals surface area contributed by atoms with E-state index in [0.717, 1.165) is 56.9 Å². The number of hydrogen-bond donors (Lipinski definition) is 3. The zero-order chi connectivity index (χ0) is 21.1. The number of aliphatic hydroxyl groups is 1. The third kappa shape index (κ3) is 3.58. The molecular weight excluding hydrogens is 378 g/mol. The van der Waals surface area contributed by atoms with Crippen LogP contribution in [0.25, 0.3) is 0 Å². The lowest BCUT2D eigenvalue weighted by atomic mass is 9.75. The first-order chi connectivity index (χ1) is 14.3. The van der Waals surface area contributed by atoms with Crippen molar-refractivity contribution in [3.8, 4) is 0 Å². The molecule has 2 unspecified atom stereocenters. The van der Waals surface area contributed by atoms with E-state index in [1.54, 1.807) is 0 Å². The minimum Gasteiger partial charge on any atom is -0.394 e. The standard InChI is InChI=1S/C24H39N3O3/c1-23(2,14-28)26-21(29)13-27-19-3-4-20(27)9-17(8-19)12-25-22(30)24-10-15-5-16(11-24)7-18(24)6-15/h15-20,28H,3-14H2,1-2H3,(H,25,30)(H,26,29)/t15?,16?,17-,18?,19-,20+,24?. The van der Waals surface area contributed by atoms with Gasteiger partial charge in [-0.15, -0.1) is 0 Å². The molecule has 6 bridgehead atoms. The van der Waals surface area contributed by atoms with Gasteiger partial charge in [-0.3, -0.25) is 14.5 Å². The largest absolute Gasteiger partial charge is 0.394 e. The maximum atomic E-state index is 13.2. The van der Waals surface area contributed by atoms with E-state index < -0.39 is 5.54 Å². The van der Waals surface area contributed by atoms with Gasteiger partial charge < -0.3 is 15.7 Å². The van der Waals surface area contributed by atoms with Gasteiger partial charge in [-0.1, -0.05) is 0 Å². The Labute approximate surface area is 180 Å². The molecule has 0 aromatic carbocycles. The van der Waals surface area contributed by atoms with Crippen LogP contribution in [0, 0.1) is 29.1 Å². The summed E-state index contributed by atoms with van der Waals surface area (Å²) in [7, 11) is 0. The Bertz CT molecular complexity index is 680. The molecule has 30 heavy (non-hydrogen) atoms. The minimum absolute atomic E-state index is 0.00359. The lowest BCUT2D eigenvalue weighted by Crippen LogP contribution is -2.54. The highest BCUT2D eigenvalue weighted by molar-refractivity contribution is 5.84. The first kappa shape index (κ1) is 20.7. The number of carbonyl (C=O) groups is 2. The predicted octanol–water partition coefficient (Wildman–Crippen LogP) is 2.06. The Balaban J connectivity index is 1.12. The zero-order valence-corrected chi connectivity index (χ0v) is 18.7. The van der Waals surface area contributed by atoms with Gasteiger partial charge in [0, 0.05) is 18.6 Å². The van der Waals surface area contributed by atoms with Crippen molar-refractivity contribution in [1.82, 2.24) is 15.5 Å². The van der Waals surface area contributed by atoms with Gasteiger partial charge in [-0.25, -0.2) is 0 Å². The number of nitrogens with one attached hydrogen (secondary N) is 2. The number of amides is 2. The molecule has 168 valence electrons. The van der Waals surface area contributed by atoms with Gasteiger partial charge >= 0.3 is 0 Å². The smallest absolute Gasteiger partial charge is 0.234 e. The molecule has 4 aliphatic carbocycles. The molecule has 6 heteroatoms. The molecular formula is C24H39N3O3. The first-order valence-electron chi connectivity index (χ1n) is 12.2. The van der Waals surface area contributed by atoms with Crippen molar-refractivity contribution in [2.75, 3.05) is 19.7 Å². The van der Waals surface area contributed by atoms with Crippen molar-refractivity contribution >= 4 is 11.8 Å². The molecule has 6 nitrogen and oxygen atoms in total. The number of piperidine rings is 1. The SMILES string of the molecule is CC(C)(CO)NC(=O)CN1[C@@H]2CC[C@H]1C[C@H](CNC(=O)C13CC4CC(CC1C4)C3)C2. The van der Waals surface area contributed by atoms with Crippen LogP contribution in [-0.2, 0) is 9.59 Å². The molecule has 0 aromatic rings. The van der Waals surface area contributed by atoms with Crippen LogP contribution < -0.4 is 10.6 Å². The van der Waals surface area contributed by atoms with Crippen LogP contribution in [0.2, 0.25) is 0 Å². The van der Waals surface area contributed by atoms with Crippen LogP contribution in [-0.4, -0.2) is 59.1 Å². The highest BCUT2D eigenvalue weighted by Crippen LogP contribution is 2.65. The number of carbonyl (C=O) groups excluding carboxylic acids is 2. The van der Waals surface area contributed by atoms with Gasteiger partial charge in [-0.05, 0) is 95.3 Å². The summed E-state index contributed by atoms with van der Waals surface area (Å²) >= 11 is 0. The topological polar surface area (TPSA) is 81.7 Å². The van der Waals surface area contributed by atoms with E-state index in [2.05, 4.69) is 15.5 Å². The highest BCUT2D eigenvalue weighted by atomic mass is 16.3. The van der Waals surface area contributed by atoms with E-state index in [1.165, 1.54) is 19.3 Å². The number of rotatable bonds is 7. The molecule has 4 saturated carbocycles. The van der Waals surface area contributed by atoms with Crippen LogP contribution in [0.1, 0.15) is 71.6 Å². The zero-order valence-electron chi connectivity index (χ0n) is 18.7. The number of hydrogen-bond acceptors (Lipinski definition) is 4. The van der Waals surface area contributed by atoms with Crippen LogP contribution in [0.5, 0.6) is 0 Å². The molecule has 6 fully saturated rings. The third-order valence-corrected chi connectivity index (χ3v) is 9.17. The second kappa shape index (κ2) is 7.47. The maximum Gasteiger partial charge on any atom is 0.234 e. The third-order valence-electron chi connectivity index (χ3n) is 9.17. The summed E-state index contributed by atoms with van der Waals surface area (Å²) in [5, 5.41) is 15.7. The number of fused-ring (bicyclic) bond motifs is 2. The average molecular weight is 418 g/mol. The van der Waals surface area contributed by atoms with Gasteiger partial charge in [0.05, 0.1) is 24.1 Å². The molecule has 2 aliphatic heterocycles. The van der Waals surface area contributed by atoms with Crippen LogP contribution in [0.15, 0.2) is 0 Å². The summed E-state index contributed by atoms with van der Waals surface area (Å²) in [4.78, 5) is 28.0. The Morgan fingerprint density at radius 3 is 2.27 bits per heavy atom. The molecule has 0 spiro atoms. The molecule has 2 heterocycles. The Kier molecular flexibility index (Phi) is 5.17. The molecule has 5 atom stereocenters. The summed E-state index contributed by atoms with van der Waals surface area (Å²) in [5.74, 6) is 3.18. The lowest BCUT2D eigenvalue weighted by Gasteiger charge is -2.39. The number of nitrogens with zero attached hydrogens (tertiary/aromatic N) is 1. The van der Waals surface area contributed by atoms with Crippen LogP contribution >= 0.6 is 0 Å². The second-order valence-corrected chi connectivity index (χ2v) is 11.9. The highest BCUT2D eigenvalue weighted by Gasteiger charge is 2.61. The van der Waals surface area contributed by atoms with Crippen molar-refractivity contribution < 1.29 is 14.7 Å². The summed E-state index contributed by atoms with van der Waals surface area (Å²) in [6, 6.07) is 0.898. The molecule has 6 aliphatic rings. The maximum absolute atomic E-state index is 13.2. The first-order valence-corrected chi connectivity index (χ1v) is 12.2. The summed E-state index contributed by atoms with van der Waals surface area (Å²) in [6.45, 7) is 4.86. The van der Waals surface area contributed by atoms with Gasteiger partial charge in [0.2, 0.25) is 11.8 Å². The summed E-state index contributed by atoms with van der Waals surface area (Å²) < 4.78 is 0. The van der Waals surface area contributed by atoms with E-state index in [1.807, 2.05) is 13.8 Å². The van der Waals surface area contributed by atoms with Crippen LogP contribution in [0.3, 0.4) is 0 Å². The van der Waals surface area contributed by atoms with Crippen molar-refractivity contribution in [2.24, 2.45) is 29.1 Å². The van der Waals surface area contributed by atoms with Gasteiger partial charge in [0.25, 0.3) is 0 Å². The average Bonchev–Trinajstić information content (AvgIpc) is 3.18. The van der Waals surface area contributed by atoms with E-state index in [9.17, 15) is 14.7 Å². The summed E-state index contributed by atoms with van der Waals surface area (Å²) in [6.07, 6.45) is 10.7. The van der Waals surface area contributed by atoms with Crippen molar-refractivity contribution in [1.29, 1.82) is 0 Å². The normalized spacial score (nSPS) is 42.0. The van der Waals surface area contributed by atoms with Gasteiger partial charge in [-0.2, -0.15) is 0 Å². The van der Waals surface area contributed by atoms with E-state index in [-0.39, 0.29) is 17.9 Å². The predicted molar refractivity (Wildman–Crippen MR) is 115 cm³/mol.